The molecule has 2 atom stereocenters. The van der Waals surface area contributed by atoms with Crippen molar-refractivity contribution >= 4 is 5.97 Å². The zero-order chi connectivity index (χ0) is 18.2. The van der Waals surface area contributed by atoms with Crippen molar-refractivity contribution in [3.05, 3.63) is 12.2 Å². The maximum Gasteiger partial charge on any atom is 0.306 e. The average molecular weight is 353 g/mol. The van der Waals surface area contributed by atoms with Crippen molar-refractivity contribution in [1.82, 2.24) is 0 Å². The van der Waals surface area contributed by atoms with Crippen LogP contribution in [-0.2, 0) is 14.3 Å². The van der Waals surface area contributed by atoms with Crippen LogP contribution in [-0.4, -0.2) is 24.8 Å². The summed E-state index contributed by atoms with van der Waals surface area (Å²) in [6.45, 7) is 4.92. The van der Waals surface area contributed by atoms with E-state index in [1.807, 2.05) is 6.92 Å². The van der Waals surface area contributed by atoms with E-state index in [2.05, 4.69) is 19.1 Å². The molecule has 0 spiro atoms. The molecular formula is C22H40O3. The number of rotatable bonds is 17. The molecule has 1 aliphatic rings. The Morgan fingerprint density at radius 3 is 2.04 bits per heavy atom. The first kappa shape index (κ1) is 22.2. The van der Waals surface area contributed by atoms with Crippen molar-refractivity contribution in [2.24, 2.45) is 0 Å². The van der Waals surface area contributed by atoms with Gasteiger partial charge in [0.25, 0.3) is 0 Å². The van der Waals surface area contributed by atoms with E-state index in [1.54, 1.807) is 0 Å². The lowest BCUT2D eigenvalue weighted by Crippen LogP contribution is -2.19. The Hall–Kier alpha value is -0.830. The van der Waals surface area contributed by atoms with Crippen molar-refractivity contribution in [3.8, 4) is 0 Å². The van der Waals surface area contributed by atoms with Gasteiger partial charge in [-0.05, 0) is 39.0 Å². The van der Waals surface area contributed by atoms with Gasteiger partial charge in [-0.15, -0.1) is 0 Å². The maximum absolute atomic E-state index is 11.6. The highest BCUT2D eigenvalue weighted by atomic mass is 16.6. The Morgan fingerprint density at radius 2 is 1.48 bits per heavy atom. The fourth-order valence-corrected chi connectivity index (χ4v) is 3.01. The highest BCUT2D eigenvalue weighted by molar-refractivity contribution is 5.69. The minimum absolute atomic E-state index is 0.0689. The first-order valence-corrected chi connectivity index (χ1v) is 10.7. The summed E-state index contributed by atoms with van der Waals surface area (Å²) < 4.78 is 10.4. The molecule has 1 saturated heterocycles. The second-order valence-corrected chi connectivity index (χ2v) is 7.40. The van der Waals surface area contributed by atoms with Gasteiger partial charge in [-0.2, -0.15) is 0 Å². The van der Waals surface area contributed by atoms with Crippen LogP contribution in [0.1, 0.15) is 104 Å². The molecule has 1 heterocycles. The third kappa shape index (κ3) is 14.1. The molecule has 1 rings (SSSR count). The van der Waals surface area contributed by atoms with E-state index >= 15 is 0 Å². The molecule has 1 aliphatic heterocycles. The minimum atomic E-state index is -0.0735. The summed E-state index contributed by atoms with van der Waals surface area (Å²) in [6.07, 6.45) is 21.9. The quantitative estimate of drug-likeness (QED) is 0.132. The number of carbonyl (C=O) groups is 1. The number of hydrogen-bond donors (Lipinski definition) is 0. The number of allylic oxidation sites excluding steroid dienone is 2. The van der Waals surface area contributed by atoms with E-state index in [-0.39, 0.29) is 18.2 Å². The molecule has 0 aromatic rings. The van der Waals surface area contributed by atoms with Gasteiger partial charge in [0.05, 0.1) is 6.61 Å². The molecule has 1 fully saturated rings. The Morgan fingerprint density at radius 1 is 0.960 bits per heavy atom. The van der Waals surface area contributed by atoms with E-state index in [1.165, 1.54) is 70.6 Å². The van der Waals surface area contributed by atoms with Crippen molar-refractivity contribution in [3.63, 3.8) is 0 Å². The van der Waals surface area contributed by atoms with Crippen LogP contribution in [0.2, 0.25) is 0 Å². The van der Waals surface area contributed by atoms with E-state index < -0.39 is 0 Å². The molecule has 3 nitrogen and oxygen atoms in total. The standard InChI is InChI=1S/C22H40O3/c1-3-4-5-6-7-8-9-10-11-12-13-14-15-16-17-18-22(23)25-20(2)21-19-24-21/h10-11,20-21H,3-9,12-19H2,1-2H3. The predicted octanol–water partition coefficient (Wildman–Crippen LogP) is 6.35. The summed E-state index contributed by atoms with van der Waals surface area (Å²) in [5.74, 6) is -0.0689. The SMILES string of the molecule is CCCCCCCCC=CCCCCCCCC(=O)OC(C)C1CO1. The van der Waals surface area contributed by atoms with Gasteiger partial charge in [-0.3, -0.25) is 4.79 Å². The van der Waals surface area contributed by atoms with Gasteiger partial charge >= 0.3 is 5.97 Å². The largest absolute Gasteiger partial charge is 0.460 e. The Labute approximate surface area is 155 Å². The lowest BCUT2D eigenvalue weighted by Gasteiger charge is -2.10. The van der Waals surface area contributed by atoms with Crippen molar-refractivity contribution in [1.29, 1.82) is 0 Å². The predicted molar refractivity (Wildman–Crippen MR) is 105 cm³/mol. The van der Waals surface area contributed by atoms with Gasteiger partial charge in [0, 0.05) is 6.42 Å². The molecule has 3 heteroatoms. The number of ether oxygens (including phenoxy) is 2. The lowest BCUT2D eigenvalue weighted by atomic mass is 10.1. The van der Waals surface area contributed by atoms with Crippen LogP contribution in [0.4, 0.5) is 0 Å². The maximum atomic E-state index is 11.6. The molecule has 0 aromatic heterocycles. The van der Waals surface area contributed by atoms with Crippen molar-refractivity contribution in [2.75, 3.05) is 6.61 Å². The number of epoxide rings is 1. The number of esters is 1. The van der Waals surface area contributed by atoms with Crippen LogP contribution in [0.15, 0.2) is 12.2 Å². The lowest BCUT2D eigenvalue weighted by molar-refractivity contribution is -0.149. The molecule has 0 radical (unpaired) electrons. The van der Waals surface area contributed by atoms with Crippen molar-refractivity contribution < 1.29 is 14.3 Å². The smallest absolute Gasteiger partial charge is 0.306 e. The van der Waals surface area contributed by atoms with E-state index in [0.29, 0.717) is 6.42 Å². The number of carbonyl (C=O) groups excluding carboxylic acids is 1. The van der Waals surface area contributed by atoms with E-state index in [4.69, 9.17) is 9.47 Å². The number of hydrogen-bond acceptors (Lipinski definition) is 3. The van der Waals surface area contributed by atoms with E-state index in [0.717, 1.165) is 19.4 Å². The van der Waals surface area contributed by atoms with Crippen LogP contribution >= 0.6 is 0 Å². The Balaban J connectivity index is 1.76. The Kier molecular flexibility index (Phi) is 13.7. The summed E-state index contributed by atoms with van der Waals surface area (Å²) in [5, 5.41) is 0. The molecule has 0 saturated carbocycles. The van der Waals surface area contributed by atoms with Gasteiger partial charge in [0.2, 0.25) is 0 Å². The third-order valence-corrected chi connectivity index (χ3v) is 4.84. The highest BCUT2D eigenvalue weighted by Crippen LogP contribution is 2.17. The minimum Gasteiger partial charge on any atom is -0.460 e. The van der Waals surface area contributed by atoms with Gasteiger partial charge in [-0.25, -0.2) is 0 Å². The average Bonchev–Trinajstić information content (AvgIpc) is 3.43. The van der Waals surface area contributed by atoms with Gasteiger partial charge in [0.15, 0.2) is 0 Å². The summed E-state index contributed by atoms with van der Waals surface area (Å²) >= 11 is 0. The highest BCUT2D eigenvalue weighted by Gasteiger charge is 2.31. The fourth-order valence-electron chi connectivity index (χ4n) is 3.01. The summed E-state index contributed by atoms with van der Waals surface area (Å²) in [6, 6.07) is 0. The molecule has 146 valence electrons. The molecule has 2 unspecified atom stereocenters. The zero-order valence-electron chi connectivity index (χ0n) is 16.6. The van der Waals surface area contributed by atoms with Crippen LogP contribution in [0.3, 0.4) is 0 Å². The number of unbranched alkanes of at least 4 members (excludes halogenated alkanes) is 11. The van der Waals surface area contributed by atoms with Crippen molar-refractivity contribution in [2.45, 2.75) is 116 Å². The second-order valence-electron chi connectivity index (χ2n) is 7.40. The van der Waals surface area contributed by atoms with Gasteiger partial charge in [-0.1, -0.05) is 70.4 Å². The normalized spacial score (nSPS) is 17.8. The second kappa shape index (κ2) is 15.4. The zero-order valence-corrected chi connectivity index (χ0v) is 16.6. The molecule has 0 N–H and O–H groups in total. The summed E-state index contributed by atoms with van der Waals surface area (Å²) in [7, 11) is 0. The third-order valence-electron chi connectivity index (χ3n) is 4.84. The molecule has 0 aromatic carbocycles. The topological polar surface area (TPSA) is 38.8 Å². The van der Waals surface area contributed by atoms with Gasteiger partial charge in [0.1, 0.15) is 12.2 Å². The van der Waals surface area contributed by atoms with Crippen LogP contribution in [0, 0.1) is 0 Å². The molecular weight excluding hydrogens is 312 g/mol. The molecule has 0 aliphatic carbocycles. The first-order chi connectivity index (χ1) is 12.2. The van der Waals surface area contributed by atoms with Crippen LogP contribution < -0.4 is 0 Å². The first-order valence-electron chi connectivity index (χ1n) is 10.7. The van der Waals surface area contributed by atoms with Gasteiger partial charge < -0.3 is 9.47 Å². The van der Waals surface area contributed by atoms with Crippen LogP contribution in [0.5, 0.6) is 0 Å². The summed E-state index contributed by atoms with van der Waals surface area (Å²) in [5.41, 5.74) is 0. The summed E-state index contributed by atoms with van der Waals surface area (Å²) in [4.78, 5) is 11.6. The monoisotopic (exact) mass is 352 g/mol. The van der Waals surface area contributed by atoms with E-state index in [9.17, 15) is 4.79 Å². The molecule has 0 amide bonds. The Bertz CT molecular complexity index is 347. The fraction of sp³-hybridized carbons (Fsp3) is 0.864. The van der Waals surface area contributed by atoms with Crippen LogP contribution in [0.25, 0.3) is 0 Å². The molecule has 25 heavy (non-hydrogen) atoms. The molecule has 0 bridgehead atoms.